The molecule has 3 atom stereocenters. The van der Waals surface area contributed by atoms with Gasteiger partial charge in [-0.3, -0.25) is 14.6 Å². The lowest BCUT2D eigenvalue weighted by Gasteiger charge is -2.17. The van der Waals surface area contributed by atoms with Gasteiger partial charge in [0.25, 0.3) is 0 Å². The molecule has 0 bridgehead atoms. The number of halogens is 1. The molecule has 1 saturated heterocycles. The normalized spacial score (nSPS) is 24.0. The highest BCUT2D eigenvalue weighted by Gasteiger charge is 2.59. The van der Waals surface area contributed by atoms with Gasteiger partial charge in [0.1, 0.15) is 0 Å². The van der Waals surface area contributed by atoms with Crippen LogP contribution in [0.2, 0.25) is 5.02 Å². The summed E-state index contributed by atoms with van der Waals surface area (Å²) in [6, 6.07) is 14.4. The first-order valence-electron chi connectivity index (χ1n) is 8.37. The SMILES string of the molecule is COC(=O)[C@@H]1N=C(c2ccc(Cl)cc2)[C@H]2C(=O)N(c3ccccc3)C(=O)[C@H]21. The molecular weight excluding hydrogens is 368 g/mol. The van der Waals surface area contributed by atoms with E-state index in [-0.39, 0.29) is 0 Å². The third-order valence-corrected chi connectivity index (χ3v) is 5.11. The summed E-state index contributed by atoms with van der Waals surface area (Å²) >= 11 is 5.94. The van der Waals surface area contributed by atoms with Crippen molar-refractivity contribution in [1.29, 1.82) is 0 Å². The van der Waals surface area contributed by atoms with Crippen molar-refractivity contribution in [3.63, 3.8) is 0 Å². The number of rotatable bonds is 3. The van der Waals surface area contributed by atoms with Crippen LogP contribution >= 0.6 is 11.6 Å². The van der Waals surface area contributed by atoms with E-state index in [4.69, 9.17) is 16.3 Å². The first kappa shape index (κ1) is 17.4. The predicted octanol–water partition coefficient (Wildman–Crippen LogP) is 2.49. The quantitative estimate of drug-likeness (QED) is 0.603. The molecule has 4 rings (SSSR count). The molecule has 2 aliphatic heterocycles. The predicted molar refractivity (Wildman–Crippen MR) is 99.7 cm³/mol. The zero-order valence-corrected chi connectivity index (χ0v) is 15.1. The standard InChI is InChI=1S/C20H15ClN2O4/c1-27-20(26)17-15-14(16(22-17)11-7-9-12(21)10-8-11)18(24)23(19(15)25)13-5-3-2-4-6-13/h2-10,14-15,17H,1H3/t14-,15+,17+/m0/s1. The van der Waals surface area contributed by atoms with Crippen LogP contribution < -0.4 is 4.90 Å². The highest BCUT2D eigenvalue weighted by molar-refractivity contribution is 6.33. The Bertz CT molecular complexity index is 956. The fourth-order valence-corrected chi connectivity index (χ4v) is 3.76. The lowest BCUT2D eigenvalue weighted by Crippen LogP contribution is -2.36. The van der Waals surface area contributed by atoms with Crippen LogP contribution in [0.4, 0.5) is 5.69 Å². The molecule has 2 aromatic carbocycles. The number of methoxy groups -OCH3 is 1. The highest BCUT2D eigenvalue weighted by Crippen LogP contribution is 2.41. The van der Waals surface area contributed by atoms with Gasteiger partial charge in [-0.2, -0.15) is 0 Å². The van der Waals surface area contributed by atoms with Crippen LogP contribution in [-0.4, -0.2) is 36.6 Å². The van der Waals surface area contributed by atoms with E-state index in [1.54, 1.807) is 54.6 Å². The van der Waals surface area contributed by atoms with Crippen molar-refractivity contribution in [1.82, 2.24) is 0 Å². The summed E-state index contributed by atoms with van der Waals surface area (Å²) in [5.41, 5.74) is 1.53. The lowest BCUT2D eigenvalue weighted by molar-refractivity contribution is -0.145. The van der Waals surface area contributed by atoms with Gasteiger partial charge in [-0.05, 0) is 29.8 Å². The fourth-order valence-electron chi connectivity index (χ4n) is 3.63. The molecule has 2 aromatic rings. The van der Waals surface area contributed by atoms with Crippen molar-refractivity contribution < 1.29 is 19.1 Å². The summed E-state index contributed by atoms with van der Waals surface area (Å²) < 4.78 is 4.82. The van der Waals surface area contributed by atoms with Gasteiger partial charge < -0.3 is 4.74 Å². The molecule has 136 valence electrons. The van der Waals surface area contributed by atoms with E-state index in [0.717, 1.165) is 4.90 Å². The highest BCUT2D eigenvalue weighted by atomic mass is 35.5. The second-order valence-corrected chi connectivity index (χ2v) is 6.78. The van der Waals surface area contributed by atoms with Crippen LogP contribution in [0.3, 0.4) is 0 Å². The number of aliphatic imine (C=N–C) groups is 1. The molecule has 6 nitrogen and oxygen atoms in total. The number of imide groups is 1. The number of carbonyl (C=O) groups is 3. The average molecular weight is 383 g/mol. The minimum Gasteiger partial charge on any atom is -0.467 e. The van der Waals surface area contributed by atoms with Crippen molar-refractivity contribution in [2.45, 2.75) is 6.04 Å². The molecule has 7 heteroatoms. The molecule has 0 unspecified atom stereocenters. The maximum absolute atomic E-state index is 13.2. The largest absolute Gasteiger partial charge is 0.467 e. The van der Waals surface area contributed by atoms with Gasteiger partial charge in [-0.15, -0.1) is 0 Å². The molecule has 2 amide bonds. The zero-order valence-electron chi connectivity index (χ0n) is 14.3. The number of amides is 2. The molecule has 27 heavy (non-hydrogen) atoms. The summed E-state index contributed by atoms with van der Waals surface area (Å²) in [7, 11) is 1.24. The average Bonchev–Trinajstić information content (AvgIpc) is 3.20. The van der Waals surface area contributed by atoms with Gasteiger partial charge in [-0.25, -0.2) is 9.69 Å². The topological polar surface area (TPSA) is 76.0 Å². The van der Waals surface area contributed by atoms with Crippen LogP contribution in [-0.2, 0) is 19.1 Å². The first-order valence-corrected chi connectivity index (χ1v) is 8.75. The van der Waals surface area contributed by atoms with Gasteiger partial charge >= 0.3 is 5.97 Å². The summed E-state index contributed by atoms with van der Waals surface area (Å²) in [4.78, 5) is 44.0. The molecule has 2 heterocycles. The number of para-hydroxylation sites is 1. The maximum atomic E-state index is 13.2. The summed E-state index contributed by atoms with van der Waals surface area (Å²) in [6.07, 6.45) is 0. The lowest BCUT2D eigenvalue weighted by atomic mass is 9.86. The number of anilines is 1. The van der Waals surface area contributed by atoms with E-state index in [1.165, 1.54) is 7.11 Å². The Hall–Kier alpha value is -2.99. The van der Waals surface area contributed by atoms with Gasteiger partial charge in [0.15, 0.2) is 6.04 Å². The Morgan fingerprint density at radius 2 is 1.70 bits per heavy atom. The van der Waals surface area contributed by atoms with Crippen LogP contribution in [0.5, 0.6) is 0 Å². The van der Waals surface area contributed by atoms with Gasteiger partial charge in [0, 0.05) is 5.02 Å². The second kappa shape index (κ2) is 6.63. The molecule has 0 radical (unpaired) electrons. The molecule has 0 aromatic heterocycles. The summed E-state index contributed by atoms with van der Waals surface area (Å²) in [5.74, 6) is -3.21. The van der Waals surface area contributed by atoms with Gasteiger partial charge in [-0.1, -0.05) is 41.9 Å². The molecule has 2 aliphatic rings. The van der Waals surface area contributed by atoms with Gasteiger partial charge in [0.05, 0.1) is 30.3 Å². The van der Waals surface area contributed by atoms with Crippen molar-refractivity contribution in [2.24, 2.45) is 16.8 Å². The Morgan fingerprint density at radius 3 is 2.33 bits per heavy atom. The Morgan fingerprint density at radius 1 is 1.04 bits per heavy atom. The number of benzene rings is 2. The van der Waals surface area contributed by atoms with E-state index in [1.807, 2.05) is 0 Å². The molecular formula is C20H15ClN2O4. The Kier molecular flexibility index (Phi) is 4.28. The number of nitrogens with zero attached hydrogens (tertiary/aromatic N) is 2. The minimum absolute atomic E-state index is 0.392. The molecule has 1 fully saturated rings. The van der Waals surface area contributed by atoms with E-state index >= 15 is 0 Å². The number of ether oxygens (including phenoxy) is 1. The molecule has 0 aliphatic carbocycles. The summed E-state index contributed by atoms with van der Waals surface area (Å²) in [6.45, 7) is 0. The van der Waals surface area contributed by atoms with Crippen molar-refractivity contribution >= 4 is 40.8 Å². The Balaban J connectivity index is 1.81. The zero-order chi connectivity index (χ0) is 19.1. The van der Waals surface area contributed by atoms with E-state index in [0.29, 0.717) is 22.0 Å². The minimum atomic E-state index is -1.05. The van der Waals surface area contributed by atoms with Crippen molar-refractivity contribution in [3.05, 3.63) is 65.2 Å². The van der Waals surface area contributed by atoms with Crippen LogP contribution in [0.1, 0.15) is 5.56 Å². The molecule has 0 saturated carbocycles. The number of carbonyl (C=O) groups excluding carboxylic acids is 3. The molecule has 0 N–H and O–H groups in total. The van der Waals surface area contributed by atoms with Gasteiger partial charge in [0.2, 0.25) is 11.8 Å². The van der Waals surface area contributed by atoms with E-state index in [9.17, 15) is 14.4 Å². The third kappa shape index (κ3) is 2.73. The number of hydrogen-bond acceptors (Lipinski definition) is 5. The summed E-state index contributed by atoms with van der Waals surface area (Å²) in [5, 5.41) is 0.540. The van der Waals surface area contributed by atoms with Crippen LogP contribution in [0, 0.1) is 11.8 Å². The second-order valence-electron chi connectivity index (χ2n) is 6.34. The van der Waals surface area contributed by atoms with Crippen molar-refractivity contribution in [2.75, 3.05) is 12.0 Å². The van der Waals surface area contributed by atoms with E-state index in [2.05, 4.69) is 4.99 Å². The van der Waals surface area contributed by atoms with E-state index < -0.39 is 35.7 Å². The van der Waals surface area contributed by atoms with Crippen molar-refractivity contribution in [3.8, 4) is 0 Å². The first-order chi connectivity index (χ1) is 13.0. The van der Waals surface area contributed by atoms with Crippen LogP contribution in [0.15, 0.2) is 59.6 Å². The molecule has 0 spiro atoms. The number of esters is 1. The maximum Gasteiger partial charge on any atom is 0.331 e. The smallest absolute Gasteiger partial charge is 0.331 e. The van der Waals surface area contributed by atoms with Crippen LogP contribution in [0.25, 0.3) is 0 Å². The monoisotopic (exact) mass is 382 g/mol. The Labute approximate surface area is 160 Å². The fraction of sp³-hybridized carbons (Fsp3) is 0.200. The number of hydrogen-bond donors (Lipinski definition) is 0. The number of fused-ring (bicyclic) bond motifs is 1. The third-order valence-electron chi connectivity index (χ3n) is 4.86.